The molecule has 1 N–H and O–H groups in total. The third-order valence-electron chi connectivity index (χ3n) is 8.25. The predicted octanol–water partition coefficient (Wildman–Crippen LogP) is 5.81. The summed E-state index contributed by atoms with van der Waals surface area (Å²) in [6.07, 6.45) is 8.66. The van der Waals surface area contributed by atoms with Crippen LogP contribution in [0.3, 0.4) is 0 Å². The molecule has 6 heterocycles. The average Bonchev–Trinajstić information content (AvgIpc) is 2.97. The van der Waals surface area contributed by atoms with Crippen molar-refractivity contribution in [3.8, 4) is 0 Å². The smallest absolute Gasteiger partial charge is 0.410 e. The number of nitrogens with zero attached hydrogens (tertiary/aromatic N) is 7. The highest BCUT2D eigenvalue weighted by molar-refractivity contribution is 9.08. The third-order valence-corrected chi connectivity index (χ3v) is 9.29. The van der Waals surface area contributed by atoms with Crippen LogP contribution in [0.25, 0.3) is 0 Å². The van der Waals surface area contributed by atoms with Crippen molar-refractivity contribution in [1.29, 1.82) is 0 Å². The van der Waals surface area contributed by atoms with E-state index in [9.17, 15) is 9.59 Å². The number of fused-ring (bicyclic) bond motifs is 2. The van der Waals surface area contributed by atoms with Crippen LogP contribution in [0.2, 0.25) is 10.6 Å². The van der Waals surface area contributed by atoms with Crippen LogP contribution in [-0.4, -0.2) is 109 Å². The molecule has 47 heavy (non-hydrogen) atoms. The third kappa shape index (κ3) is 11.7. The van der Waals surface area contributed by atoms with Crippen molar-refractivity contribution in [2.24, 2.45) is 11.8 Å². The lowest BCUT2D eigenvalue weighted by Gasteiger charge is -2.53. The first-order valence-corrected chi connectivity index (χ1v) is 17.9. The predicted molar refractivity (Wildman–Crippen MR) is 185 cm³/mol. The van der Waals surface area contributed by atoms with E-state index in [1.165, 1.54) is 0 Å². The van der Waals surface area contributed by atoms with Crippen LogP contribution < -0.4 is 5.32 Å². The first-order valence-electron chi connectivity index (χ1n) is 16.0. The van der Waals surface area contributed by atoms with Crippen LogP contribution in [0.4, 0.5) is 9.59 Å². The first kappa shape index (κ1) is 37.5. The normalized spacial score (nSPS) is 23.7. The molecule has 0 radical (unpaired) electrons. The summed E-state index contributed by atoms with van der Waals surface area (Å²) in [5.74, 6) is 1.45. The lowest BCUT2D eigenvalue weighted by Crippen LogP contribution is -2.64. The number of piperidine rings is 2. The number of alkyl halides is 1. The molecule has 15 heteroatoms. The maximum atomic E-state index is 12.2. The minimum atomic E-state index is -0.451. The topological polar surface area (TPSA) is 126 Å². The highest BCUT2D eigenvalue weighted by Crippen LogP contribution is 2.34. The number of rotatable bonds is 3. The zero-order valence-corrected chi connectivity index (χ0v) is 31.2. The van der Waals surface area contributed by atoms with Gasteiger partial charge in [-0.05, 0) is 102 Å². The van der Waals surface area contributed by atoms with Gasteiger partial charge in [-0.25, -0.2) is 29.5 Å². The first-order chi connectivity index (χ1) is 22.1. The van der Waals surface area contributed by atoms with Crippen molar-refractivity contribution in [2.45, 2.75) is 89.5 Å². The molecule has 4 atom stereocenters. The van der Waals surface area contributed by atoms with E-state index in [4.69, 9.17) is 32.7 Å². The Morgan fingerprint density at radius 2 is 1.30 bits per heavy atom. The molecule has 4 fully saturated rings. The summed E-state index contributed by atoms with van der Waals surface area (Å²) < 4.78 is 10.8. The number of likely N-dealkylation sites (tertiary alicyclic amines) is 3. The van der Waals surface area contributed by atoms with Gasteiger partial charge >= 0.3 is 12.2 Å². The zero-order chi connectivity index (χ0) is 34.4. The Labute approximate surface area is 296 Å². The molecule has 0 saturated carbocycles. The Morgan fingerprint density at radius 1 is 0.809 bits per heavy atom. The average molecular weight is 759 g/mol. The maximum Gasteiger partial charge on any atom is 0.410 e. The molecule has 0 spiro atoms. The van der Waals surface area contributed by atoms with Crippen molar-refractivity contribution in [3.63, 3.8) is 0 Å². The number of carbonyl (C=O) groups excluding carboxylic acids is 2. The van der Waals surface area contributed by atoms with E-state index in [2.05, 4.69) is 46.1 Å². The second-order valence-corrected chi connectivity index (χ2v) is 15.6. The Morgan fingerprint density at radius 3 is 1.74 bits per heavy atom. The minimum absolute atomic E-state index is 0.172. The van der Waals surface area contributed by atoms with Crippen molar-refractivity contribution in [3.05, 3.63) is 46.5 Å². The molecule has 0 unspecified atom stereocenters. The van der Waals surface area contributed by atoms with E-state index in [0.717, 1.165) is 81.0 Å². The number of ether oxygens (including phenoxy) is 2. The van der Waals surface area contributed by atoms with E-state index in [-0.39, 0.29) is 23.1 Å². The largest absolute Gasteiger partial charge is 0.444 e. The molecule has 4 aliphatic heterocycles. The molecule has 2 amide bonds. The standard InChI is InChI=1S/C16H23ClN4O2.C11H20N2O2.C5H4BrClN2/c1-16(2,3)23-15(22)20-5-4-12-9-21(13(12)10-20)8-11-6-18-14(17)19-7-11;1-11(2,3)15-10(14)13-5-4-8-6-12-9(8)7-13;6-1-4-2-8-5(7)9-3-4/h6-7,12-13H,4-5,8-10H2,1-3H3;8-9,12H,4-7H2,1-3H3;2-3H,1H2/t12-,13-;8-,9-;/m11./s1. The van der Waals surface area contributed by atoms with E-state index in [1.807, 2.05) is 51.3 Å². The Kier molecular flexibility index (Phi) is 13.1. The van der Waals surface area contributed by atoms with E-state index < -0.39 is 5.60 Å². The number of carbonyl (C=O) groups is 2. The highest BCUT2D eigenvalue weighted by atomic mass is 79.9. The summed E-state index contributed by atoms with van der Waals surface area (Å²) in [6, 6.07) is 0.901. The fraction of sp³-hybridized carbons (Fsp3) is 0.688. The number of hydrogen-bond acceptors (Lipinski definition) is 10. The highest BCUT2D eigenvalue weighted by Gasteiger charge is 2.44. The Hall–Kier alpha value is -2.32. The van der Waals surface area contributed by atoms with E-state index in [0.29, 0.717) is 23.3 Å². The van der Waals surface area contributed by atoms with Crippen LogP contribution >= 0.6 is 39.1 Å². The molecule has 2 aromatic heterocycles. The Balaban J connectivity index is 0.000000178. The van der Waals surface area contributed by atoms with Gasteiger partial charge < -0.3 is 24.6 Å². The molecular weight excluding hydrogens is 711 g/mol. The van der Waals surface area contributed by atoms with Gasteiger partial charge in [0.15, 0.2) is 0 Å². The molecule has 4 aliphatic rings. The molecule has 4 saturated heterocycles. The van der Waals surface area contributed by atoms with Crippen molar-refractivity contribution >= 4 is 51.3 Å². The summed E-state index contributed by atoms with van der Waals surface area (Å²) in [5, 5.41) is 4.67. The summed E-state index contributed by atoms with van der Waals surface area (Å²) in [7, 11) is 0. The van der Waals surface area contributed by atoms with Crippen molar-refractivity contribution in [1.82, 2.24) is 40.0 Å². The molecule has 0 aliphatic carbocycles. The summed E-state index contributed by atoms with van der Waals surface area (Å²) >= 11 is 14.4. The summed E-state index contributed by atoms with van der Waals surface area (Å²) in [5.41, 5.74) is 1.23. The fourth-order valence-corrected chi connectivity index (χ4v) is 6.24. The maximum absolute atomic E-state index is 12.2. The van der Waals surface area contributed by atoms with E-state index in [1.54, 1.807) is 24.8 Å². The van der Waals surface area contributed by atoms with Crippen molar-refractivity contribution < 1.29 is 19.1 Å². The monoisotopic (exact) mass is 756 g/mol. The second-order valence-electron chi connectivity index (χ2n) is 14.3. The zero-order valence-electron chi connectivity index (χ0n) is 28.1. The summed E-state index contributed by atoms with van der Waals surface area (Å²) in [4.78, 5) is 45.6. The molecule has 12 nitrogen and oxygen atoms in total. The lowest BCUT2D eigenvalue weighted by atomic mass is 9.82. The lowest BCUT2D eigenvalue weighted by molar-refractivity contribution is -0.0557. The number of halogens is 3. The van der Waals surface area contributed by atoms with Gasteiger partial charge in [-0.15, -0.1) is 0 Å². The van der Waals surface area contributed by atoms with Gasteiger partial charge in [0, 0.05) is 87.0 Å². The van der Waals surface area contributed by atoms with Gasteiger partial charge in [-0.2, -0.15) is 0 Å². The van der Waals surface area contributed by atoms with Gasteiger partial charge in [0.1, 0.15) is 11.2 Å². The number of hydrogen-bond donors (Lipinski definition) is 1. The second kappa shape index (κ2) is 16.4. The number of aromatic nitrogens is 4. The molecule has 0 bridgehead atoms. The molecular formula is C32H47BrCl2N8O4. The van der Waals surface area contributed by atoms with Gasteiger partial charge in [0.2, 0.25) is 10.6 Å². The van der Waals surface area contributed by atoms with Gasteiger partial charge in [0.25, 0.3) is 0 Å². The summed E-state index contributed by atoms with van der Waals surface area (Å²) in [6.45, 7) is 17.5. The Bertz CT molecular complexity index is 1330. The van der Waals surface area contributed by atoms with Crippen LogP contribution in [0, 0.1) is 11.8 Å². The molecule has 6 rings (SSSR count). The number of nitrogens with one attached hydrogen (secondary N) is 1. The van der Waals surface area contributed by atoms with Crippen molar-refractivity contribution in [2.75, 3.05) is 39.3 Å². The van der Waals surface area contributed by atoms with Crippen LogP contribution in [0.15, 0.2) is 24.8 Å². The molecule has 2 aromatic rings. The molecule has 260 valence electrons. The van der Waals surface area contributed by atoms with Gasteiger partial charge in [-0.1, -0.05) is 15.9 Å². The van der Waals surface area contributed by atoms with Crippen LogP contribution in [-0.2, 0) is 21.3 Å². The minimum Gasteiger partial charge on any atom is -0.444 e. The molecule has 0 aromatic carbocycles. The fourth-order valence-electron chi connectivity index (χ4n) is 5.75. The SMILES string of the molecule is CC(C)(C)OC(=O)N1CC[C@@H]2CN(Cc3cnc(Cl)nc3)[C@@H]2C1.CC(C)(C)OC(=O)N1CC[C@@H]2CN[C@@H]2C1.Clc1ncc(CBr)cn1. The number of amides is 2. The quantitative estimate of drug-likeness (QED) is 0.303. The van der Waals surface area contributed by atoms with Crippen LogP contribution in [0.1, 0.15) is 65.5 Å². The van der Waals surface area contributed by atoms with E-state index >= 15 is 0 Å². The van der Waals surface area contributed by atoms with Gasteiger partial charge in [0.05, 0.1) is 0 Å². The van der Waals surface area contributed by atoms with Crippen LogP contribution in [0.5, 0.6) is 0 Å². The van der Waals surface area contributed by atoms with Gasteiger partial charge in [-0.3, -0.25) is 4.90 Å².